The van der Waals surface area contributed by atoms with Crippen molar-refractivity contribution in [3.63, 3.8) is 0 Å². The van der Waals surface area contributed by atoms with E-state index in [9.17, 15) is 4.79 Å². The Morgan fingerprint density at radius 3 is 1.38 bits per heavy atom. The lowest BCUT2D eigenvalue weighted by atomic mass is 10.6. The molecule has 0 aliphatic rings. The van der Waals surface area contributed by atoms with Crippen molar-refractivity contribution in [2.45, 2.75) is 13.8 Å². The smallest absolute Gasteiger partial charge is 0.152 e. The molecule has 0 radical (unpaired) electrons. The summed E-state index contributed by atoms with van der Waals surface area (Å²) in [7, 11) is 0. The van der Waals surface area contributed by atoms with Crippen LogP contribution in [0.5, 0.6) is 0 Å². The summed E-state index contributed by atoms with van der Waals surface area (Å²) in [6.45, 7) is 3.06. The monoisotopic (exact) mass is 116 g/mol. The third kappa shape index (κ3) is 2450. The Balaban J connectivity index is 0. The van der Waals surface area contributed by atoms with E-state index in [1.54, 1.807) is 0 Å². The third-order valence-electron chi connectivity index (χ3n) is 0.0500. The van der Waals surface area contributed by atoms with Crippen LogP contribution in [-0.2, 0) is 4.79 Å². The maximum absolute atomic E-state index is 9.44. The van der Waals surface area contributed by atoms with E-state index in [1.165, 1.54) is 26.1 Å². The summed E-state index contributed by atoms with van der Waals surface area (Å²) in [4.78, 5) is 9.44. The van der Waals surface area contributed by atoms with E-state index in [0.29, 0.717) is 0 Å². The van der Waals surface area contributed by atoms with Gasteiger partial charge >= 0.3 is 0 Å². The van der Waals surface area contributed by atoms with Crippen LogP contribution in [0, 0.1) is 12.2 Å². The van der Waals surface area contributed by atoms with Gasteiger partial charge in [0.1, 0.15) is 5.78 Å². The van der Waals surface area contributed by atoms with Gasteiger partial charge in [0.05, 0.1) is 0 Å². The topological polar surface area (TPSA) is 57.5 Å². The number of ketones is 1. The van der Waals surface area contributed by atoms with Crippen molar-refractivity contribution in [2.24, 2.45) is 0 Å². The zero-order valence-electron chi connectivity index (χ0n) is 4.80. The number of carbonyl (C=O) groups is 1. The Kier molecular flexibility index (Phi) is 11.5. The zero-order chi connectivity index (χ0) is 6.99. The van der Waals surface area contributed by atoms with E-state index in [4.69, 9.17) is 10.2 Å². The fourth-order valence-corrected chi connectivity index (χ4v) is 0. The standard InChI is InChI=1S/C3H6O.C2H2O2/c1-3(2)4;3-1-2-4/h1-2H3;3-4H. The maximum atomic E-state index is 9.44. The molecule has 0 saturated carbocycles. The van der Waals surface area contributed by atoms with E-state index >= 15 is 0 Å². The van der Waals surface area contributed by atoms with E-state index in [0.717, 1.165) is 0 Å². The van der Waals surface area contributed by atoms with Crippen molar-refractivity contribution in [1.29, 1.82) is 0 Å². The van der Waals surface area contributed by atoms with Crippen LogP contribution < -0.4 is 0 Å². The van der Waals surface area contributed by atoms with Crippen LogP contribution in [0.3, 0.4) is 0 Å². The van der Waals surface area contributed by atoms with Crippen molar-refractivity contribution in [1.82, 2.24) is 0 Å². The molecule has 0 saturated heterocycles. The van der Waals surface area contributed by atoms with Crippen molar-refractivity contribution in [3.8, 4) is 12.2 Å². The Morgan fingerprint density at radius 2 is 1.38 bits per heavy atom. The van der Waals surface area contributed by atoms with Gasteiger partial charge in [-0.1, -0.05) is 0 Å². The molecule has 0 amide bonds. The van der Waals surface area contributed by atoms with Crippen LogP contribution >= 0.6 is 0 Å². The average molecular weight is 116 g/mol. The Hall–Kier alpha value is -1.17. The summed E-state index contributed by atoms with van der Waals surface area (Å²) in [6.07, 6.45) is 2.47. The van der Waals surface area contributed by atoms with E-state index < -0.39 is 0 Å². The van der Waals surface area contributed by atoms with Crippen LogP contribution in [-0.4, -0.2) is 16.0 Å². The van der Waals surface area contributed by atoms with Gasteiger partial charge in [0.25, 0.3) is 0 Å². The number of aliphatic hydroxyl groups is 2. The quantitative estimate of drug-likeness (QED) is 0.446. The summed E-state index contributed by atoms with van der Waals surface area (Å²) in [5.41, 5.74) is 0. The van der Waals surface area contributed by atoms with Gasteiger partial charge in [-0.3, -0.25) is 0 Å². The van der Waals surface area contributed by atoms with Crippen LogP contribution in [0.2, 0.25) is 0 Å². The first-order valence-corrected chi connectivity index (χ1v) is 1.90. The van der Waals surface area contributed by atoms with E-state index in [2.05, 4.69) is 0 Å². The summed E-state index contributed by atoms with van der Waals surface area (Å²) in [5, 5.41) is 14.5. The first-order chi connectivity index (χ1) is 3.65. The highest BCUT2D eigenvalue weighted by Gasteiger charge is 1.62. The average Bonchev–Trinajstić information content (AvgIpc) is 1.65. The minimum atomic E-state index is 0.167. The fraction of sp³-hybridized carbons (Fsp3) is 0.400. The molecule has 8 heavy (non-hydrogen) atoms. The minimum absolute atomic E-state index is 0.167. The summed E-state index contributed by atoms with van der Waals surface area (Å²) < 4.78 is 0. The lowest BCUT2D eigenvalue weighted by molar-refractivity contribution is -0.114. The highest BCUT2D eigenvalue weighted by Crippen LogP contribution is 1.50. The SMILES string of the molecule is CC(C)=O.OC#CO. The highest BCUT2D eigenvalue weighted by atomic mass is 16.3. The van der Waals surface area contributed by atoms with Crippen molar-refractivity contribution >= 4 is 5.78 Å². The van der Waals surface area contributed by atoms with Gasteiger partial charge in [-0.05, 0) is 13.8 Å². The number of rotatable bonds is 0. The van der Waals surface area contributed by atoms with Crippen molar-refractivity contribution in [2.75, 3.05) is 0 Å². The Labute approximate surface area is 48.0 Å². The molecule has 0 bridgehead atoms. The number of hydrogen-bond acceptors (Lipinski definition) is 3. The molecular weight excluding hydrogens is 108 g/mol. The largest absolute Gasteiger partial charge is 0.460 e. The minimum Gasteiger partial charge on any atom is -0.460 e. The predicted octanol–water partition coefficient (Wildman–Crippen LogP) is 0.245. The molecule has 0 aromatic rings. The van der Waals surface area contributed by atoms with Gasteiger partial charge in [-0.15, -0.1) is 0 Å². The number of hydrogen-bond donors (Lipinski definition) is 2. The molecule has 0 heterocycles. The molecule has 0 rings (SSSR count). The first kappa shape index (κ1) is 9.95. The van der Waals surface area contributed by atoms with Crippen molar-refractivity contribution < 1.29 is 15.0 Å². The summed E-state index contributed by atoms with van der Waals surface area (Å²) >= 11 is 0. The molecule has 0 aliphatic heterocycles. The molecule has 0 atom stereocenters. The second-order valence-electron chi connectivity index (χ2n) is 1.13. The summed E-state index contributed by atoms with van der Waals surface area (Å²) in [5.74, 6) is 0.167. The van der Waals surface area contributed by atoms with Crippen LogP contribution in [0.15, 0.2) is 0 Å². The number of Topliss-reactive ketones (excluding diaryl/α,β-unsaturated/α-hetero) is 1. The molecule has 0 aromatic carbocycles. The lowest BCUT2D eigenvalue weighted by Gasteiger charge is -1.56. The molecule has 0 unspecified atom stereocenters. The molecule has 3 heteroatoms. The molecule has 46 valence electrons. The number of aliphatic hydroxyl groups excluding tert-OH is 2. The maximum Gasteiger partial charge on any atom is 0.152 e. The Morgan fingerprint density at radius 1 is 1.25 bits per heavy atom. The molecule has 0 spiro atoms. The molecule has 0 aromatic heterocycles. The normalized spacial score (nSPS) is 4.75. The Bertz CT molecular complexity index is 96.6. The van der Waals surface area contributed by atoms with Crippen LogP contribution in [0.4, 0.5) is 0 Å². The first-order valence-electron chi connectivity index (χ1n) is 1.90. The van der Waals surface area contributed by atoms with E-state index in [1.807, 2.05) is 0 Å². The van der Waals surface area contributed by atoms with Gasteiger partial charge in [-0.25, -0.2) is 0 Å². The zero-order valence-corrected chi connectivity index (χ0v) is 4.80. The summed E-state index contributed by atoms with van der Waals surface area (Å²) in [6, 6.07) is 0. The van der Waals surface area contributed by atoms with Gasteiger partial charge in [-0.2, -0.15) is 0 Å². The molecule has 2 N–H and O–H groups in total. The number of carbonyl (C=O) groups excluding carboxylic acids is 1. The second kappa shape index (κ2) is 9.27. The molecular formula is C5H8O3. The van der Waals surface area contributed by atoms with Gasteiger partial charge in [0.15, 0.2) is 12.2 Å². The molecule has 0 fully saturated rings. The highest BCUT2D eigenvalue weighted by molar-refractivity contribution is 5.72. The van der Waals surface area contributed by atoms with Crippen LogP contribution in [0.25, 0.3) is 0 Å². The molecule has 0 aliphatic carbocycles. The third-order valence-corrected chi connectivity index (χ3v) is 0.0500. The van der Waals surface area contributed by atoms with Gasteiger partial charge < -0.3 is 15.0 Å². The van der Waals surface area contributed by atoms with Gasteiger partial charge in [0, 0.05) is 0 Å². The predicted molar refractivity (Wildman–Crippen MR) is 28.0 cm³/mol. The van der Waals surface area contributed by atoms with Crippen LogP contribution in [0.1, 0.15) is 13.8 Å². The second-order valence-corrected chi connectivity index (χ2v) is 1.13. The fourth-order valence-electron chi connectivity index (χ4n) is 0. The van der Waals surface area contributed by atoms with E-state index in [-0.39, 0.29) is 5.78 Å². The molecule has 3 nitrogen and oxygen atoms in total. The van der Waals surface area contributed by atoms with Crippen molar-refractivity contribution in [3.05, 3.63) is 0 Å². The van der Waals surface area contributed by atoms with Gasteiger partial charge in [0.2, 0.25) is 0 Å². The lowest BCUT2D eigenvalue weighted by Crippen LogP contribution is -1.69.